The Morgan fingerprint density at radius 2 is 1.92 bits per heavy atom. The smallest absolute Gasteiger partial charge is 0.257 e. The van der Waals surface area contributed by atoms with Crippen LogP contribution in [0, 0.1) is 13.8 Å². The van der Waals surface area contributed by atoms with Crippen LogP contribution in [0.2, 0.25) is 0 Å². The molecule has 3 rings (SSSR count). The number of thiazole rings is 1. The van der Waals surface area contributed by atoms with Crippen molar-refractivity contribution in [1.29, 1.82) is 0 Å². The van der Waals surface area contributed by atoms with Crippen LogP contribution in [0.1, 0.15) is 16.1 Å². The molecule has 0 saturated heterocycles. The van der Waals surface area contributed by atoms with Crippen molar-refractivity contribution < 1.29 is 9.53 Å². The number of benzene rings is 2. The second-order valence-electron chi connectivity index (χ2n) is 5.79. The Kier molecular flexibility index (Phi) is 5.11. The van der Waals surface area contributed by atoms with Crippen molar-refractivity contribution in [3.05, 3.63) is 58.6 Å². The molecule has 24 heavy (non-hydrogen) atoms. The van der Waals surface area contributed by atoms with E-state index in [1.54, 1.807) is 11.3 Å². The monoisotopic (exact) mass is 340 g/mol. The molecule has 0 aliphatic rings. The van der Waals surface area contributed by atoms with Gasteiger partial charge in [0.1, 0.15) is 5.75 Å². The highest BCUT2D eigenvalue weighted by molar-refractivity contribution is 7.18. The van der Waals surface area contributed by atoms with E-state index in [4.69, 9.17) is 4.74 Å². The summed E-state index contributed by atoms with van der Waals surface area (Å²) in [6.07, 6.45) is 0.731. The number of para-hydroxylation sites is 1. The summed E-state index contributed by atoms with van der Waals surface area (Å²) in [4.78, 5) is 16.5. The Morgan fingerprint density at radius 3 is 2.67 bits per heavy atom. The van der Waals surface area contributed by atoms with Crippen molar-refractivity contribution >= 4 is 27.5 Å². The molecule has 5 heteroatoms. The van der Waals surface area contributed by atoms with E-state index < -0.39 is 0 Å². The number of carbonyl (C=O) groups is 1. The Labute approximate surface area is 145 Å². The third kappa shape index (κ3) is 4.32. The second kappa shape index (κ2) is 7.45. The number of aromatic nitrogens is 1. The van der Waals surface area contributed by atoms with Gasteiger partial charge in [0.2, 0.25) is 0 Å². The van der Waals surface area contributed by atoms with Crippen LogP contribution in [-0.2, 0) is 11.2 Å². The summed E-state index contributed by atoms with van der Waals surface area (Å²) >= 11 is 1.67. The number of carbonyl (C=O) groups excluding carboxylic acids is 1. The SMILES string of the molecule is Cc1cc(C)cc(OCC(=O)NCCc2nc3ccccc3s2)c1. The molecule has 1 amide bonds. The number of nitrogens with one attached hydrogen (secondary N) is 1. The van der Waals surface area contributed by atoms with Gasteiger partial charge in [0.05, 0.1) is 15.2 Å². The average molecular weight is 340 g/mol. The molecular weight excluding hydrogens is 320 g/mol. The maximum absolute atomic E-state index is 11.9. The number of hydrogen-bond acceptors (Lipinski definition) is 4. The van der Waals surface area contributed by atoms with Gasteiger partial charge in [-0.05, 0) is 49.2 Å². The summed E-state index contributed by atoms with van der Waals surface area (Å²) < 4.78 is 6.73. The highest BCUT2D eigenvalue weighted by atomic mass is 32.1. The van der Waals surface area contributed by atoms with Crippen molar-refractivity contribution in [1.82, 2.24) is 10.3 Å². The standard InChI is InChI=1S/C19H20N2O2S/c1-13-9-14(2)11-15(10-13)23-12-18(22)20-8-7-19-21-16-5-3-4-6-17(16)24-19/h3-6,9-11H,7-8,12H2,1-2H3,(H,20,22). The first-order chi connectivity index (χ1) is 11.6. The minimum Gasteiger partial charge on any atom is -0.484 e. The van der Waals surface area contributed by atoms with E-state index in [0.717, 1.165) is 33.8 Å². The summed E-state index contributed by atoms with van der Waals surface area (Å²) in [5, 5.41) is 3.91. The van der Waals surface area contributed by atoms with Gasteiger partial charge < -0.3 is 10.1 Å². The lowest BCUT2D eigenvalue weighted by Gasteiger charge is -2.08. The molecule has 0 saturated carbocycles. The molecule has 0 unspecified atom stereocenters. The van der Waals surface area contributed by atoms with Crippen LogP contribution in [0.5, 0.6) is 5.75 Å². The molecule has 1 aromatic heterocycles. The zero-order valence-corrected chi connectivity index (χ0v) is 14.7. The van der Waals surface area contributed by atoms with Crippen LogP contribution in [-0.4, -0.2) is 24.0 Å². The van der Waals surface area contributed by atoms with Crippen molar-refractivity contribution in [2.45, 2.75) is 20.3 Å². The molecule has 0 aliphatic carbocycles. The van der Waals surface area contributed by atoms with Crippen LogP contribution < -0.4 is 10.1 Å². The van der Waals surface area contributed by atoms with E-state index in [-0.39, 0.29) is 12.5 Å². The molecule has 3 aromatic rings. The summed E-state index contributed by atoms with van der Waals surface area (Å²) in [6.45, 7) is 4.62. The number of ether oxygens (including phenoxy) is 1. The van der Waals surface area contributed by atoms with Crippen LogP contribution >= 0.6 is 11.3 Å². The average Bonchev–Trinajstić information content (AvgIpc) is 2.95. The molecule has 0 atom stereocenters. The quantitative estimate of drug-likeness (QED) is 0.745. The van der Waals surface area contributed by atoms with Gasteiger partial charge in [-0.25, -0.2) is 4.98 Å². The minimum absolute atomic E-state index is 0.0305. The normalized spacial score (nSPS) is 10.8. The third-order valence-electron chi connectivity index (χ3n) is 3.56. The molecule has 0 bridgehead atoms. The molecule has 2 aromatic carbocycles. The van der Waals surface area contributed by atoms with Gasteiger partial charge in [0.25, 0.3) is 5.91 Å². The highest BCUT2D eigenvalue weighted by Gasteiger charge is 2.06. The van der Waals surface area contributed by atoms with Gasteiger partial charge in [0.15, 0.2) is 6.61 Å². The van der Waals surface area contributed by atoms with E-state index in [1.165, 1.54) is 4.70 Å². The van der Waals surface area contributed by atoms with E-state index in [1.807, 2.05) is 44.2 Å². The maximum atomic E-state index is 11.9. The highest BCUT2D eigenvalue weighted by Crippen LogP contribution is 2.21. The molecule has 124 valence electrons. The van der Waals surface area contributed by atoms with Crippen molar-refractivity contribution in [2.24, 2.45) is 0 Å². The van der Waals surface area contributed by atoms with E-state index in [0.29, 0.717) is 6.54 Å². The summed E-state index contributed by atoms with van der Waals surface area (Å²) in [7, 11) is 0. The molecule has 0 spiro atoms. The van der Waals surface area contributed by atoms with E-state index in [9.17, 15) is 4.79 Å². The van der Waals surface area contributed by atoms with E-state index in [2.05, 4.69) is 22.4 Å². The fourth-order valence-electron chi connectivity index (χ4n) is 2.55. The Bertz CT molecular complexity index is 804. The van der Waals surface area contributed by atoms with Gasteiger partial charge in [-0.2, -0.15) is 0 Å². The number of nitrogens with zero attached hydrogens (tertiary/aromatic N) is 1. The van der Waals surface area contributed by atoms with Crippen LogP contribution in [0.15, 0.2) is 42.5 Å². The molecule has 1 N–H and O–H groups in total. The number of fused-ring (bicyclic) bond motifs is 1. The first-order valence-corrected chi connectivity index (χ1v) is 8.74. The zero-order chi connectivity index (χ0) is 16.9. The number of rotatable bonds is 6. The molecule has 0 radical (unpaired) electrons. The second-order valence-corrected chi connectivity index (χ2v) is 6.90. The predicted molar refractivity (Wildman–Crippen MR) is 97.7 cm³/mol. The van der Waals surface area contributed by atoms with Gasteiger partial charge >= 0.3 is 0 Å². The van der Waals surface area contributed by atoms with Crippen LogP contribution in [0.25, 0.3) is 10.2 Å². The number of hydrogen-bond donors (Lipinski definition) is 1. The first-order valence-electron chi connectivity index (χ1n) is 7.92. The third-order valence-corrected chi connectivity index (χ3v) is 4.66. The topological polar surface area (TPSA) is 51.2 Å². The molecular formula is C19H20N2O2S. The van der Waals surface area contributed by atoms with Gasteiger partial charge in [0, 0.05) is 13.0 Å². The Balaban J connectivity index is 1.45. The lowest BCUT2D eigenvalue weighted by Crippen LogP contribution is -2.30. The van der Waals surface area contributed by atoms with Gasteiger partial charge in [-0.15, -0.1) is 11.3 Å². The largest absolute Gasteiger partial charge is 0.484 e. The summed E-state index contributed by atoms with van der Waals surface area (Å²) in [6, 6.07) is 14.0. The van der Waals surface area contributed by atoms with Gasteiger partial charge in [-0.1, -0.05) is 18.2 Å². The molecule has 4 nitrogen and oxygen atoms in total. The molecule has 0 fully saturated rings. The zero-order valence-electron chi connectivity index (χ0n) is 13.8. The Morgan fingerprint density at radius 1 is 1.17 bits per heavy atom. The van der Waals surface area contributed by atoms with E-state index >= 15 is 0 Å². The number of amides is 1. The maximum Gasteiger partial charge on any atom is 0.257 e. The lowest BCUT2D eigenvalue weighted by atomic mass is 10.1. The summed E-state index contributed by atoms with van der Waals surface area (Å²) in [5.41, 5.74) is 3.27. The van der Waals surface area contributed by atoms with Crippen LogP contribution in [0.4, 0.5) is 0 Å². The molecule has 1 heterocycles. The van der Waals surface area contributed by atoms with Crippen molar-refractivity contribution in [3.8, 4) is 5.75 Å². The fourth-order valence-corrected chi connectivity index (χ4v) is 3.52. The first kappa shape index (κ1) is 16.5. The lowest BCUT2D eigenvalue weighted by molar-refractivity contribution is -0.123. The predicted octanol–water partition coefficient (Wildman–Crippen LogP) is 3.65. The summed E-state index contributed by atoms with van der Waals surface area (Å²) in [5.74, 6) is 0.615. The van der Waals surface area contributed by atoms with Crippen molar-refractivity contribution in [3.63, 3.8) is 0 Å². The van der Waals surface area contributed by atoms with Gasteiger partial charge in [-0.3, -0.25) is 4.79 Å². The Hall–Kier alpha value is -2.40. The molecule has 0 aliphatic heterocycles. The minimum atomic E-state index is -0.115. The van der Waals surface area contributed by atoms with Crippen molar-refractivity contribution in [2.75, 3.05) is 13.2 Å². The fraction of sp³-hybridized carbons (Fsp3) is 0.263. The van der Waals surface area contributed by atoms with Crippen LogP contribution in [0.3, 0.4) is 0 Å². The number of aryl methyl sites for hydroxylation is 2.